The molecule has 0 atom stereocenters. The molecule has 2 heterocycles. The number of ether oxygens (including phenoxy) is 1. The van der Waals surface area contributed by atoms with Gasteiger partial charge in [0.25, 0.3) is 0 Å². The van der Waals surface area contributed by atoms with Crippen LogP contribution in [0, 0.1) is 0 Å². The van der Waals surface area contributed by atoms with Crippen molar-refractivity contribution in [1.29, 1.82) is 0 Å². The zero-order valence-corrected chi connectivity index (χ0v) is 11.7. The van der Waals surface area contributed by atoms with Crippen LogP contribution in [-0.4, -0.2) is 41.6 Å². The van der Waals surface area contributed by atoms with Gasteiger partial charge in [-0.25, -0.2) is 13.1 Å². The molecule has 2 aromatic rings. The van der Waals surface area contributed by atoms with E-state index in [9.17, 15) is 8.42 Å². The van der Waals surface area contributed by atoms with E-state index in [1.54, 1.807) is 10.9 Å². The summed E-state index contributed by atoms with van der Waals surface area (Å²) in [5.41, 5.74) is 1.90. The van der Waals surface area contributed by atoms with Crippen LogP contribution < -0.4 is 0 Å². The maximum absolute atomic E-state index is 11.8. The van der Waals surface area contributed by atoms with Crippen LogP contribution in [0.1, 0.15) is 5.56 Å². The summed E-state index contributed by atoms with van der Waals surface area (Å²) in [7, 11) is -3.28. The zero-order valence-electron chi connectivity index (χ0n) is 10.8. The topological polar surface area (TPSA) is 64.4 Å². The lowest BCUT2D eigenvalue weighted by atomic mass is 10.2. The van der Waals surface area contributed by atoms with Crippen molar-refractivity contribution in [2.24, 2.45) is 0 Å². The quantitative estimate of drug-likeness (QED) is 0.846. The summed E-state index contributed by atoms with van der Waals surface area (Å²) in [4.78, 5) is 0. The van der Waals surface area contributed by atoms with E-state index in [0.717, 1.165) is 11.3 Å². The van der Waals surface area contributed by atoms with Crippen LogP contribution in [0.5, 0.6) is 0 Å². The Hall–Kier alpha value is -1.70. The molecule has 1 aliphatic rings. The van der Waals surface area contributed by atoms with Gasteiger partial charge in [-0.1, -0.05) is 12.1 Å². The molecule has 20 heavy (non-hydrogen) atoms. The summed E-state index contributed by atoms with van der Waals surface area (Å²) in [6.45, 7) is 1.24. The Morgan fingerprint density at radius 3 is 2.70 bits per heavy atom. The lowest BCUT2D eigenvalue weighted by Crippen LogP contribution is -2.40. The second kappa shape index (κ2) is 5.35. The smallest absolute Gasteiger partial charge is 0.238 e. The minimum Gasteiger partial charge on any atom is -0.363 e. The van der Waals surface area contributed by atoms with Crippen molar-refractivity contribution < 1.29 is 13.2 Å². The minimum absolute atomic E-state index is 0.224. The first-order valence-electron chi connectivity index (χ1n) is 6.30. The van der Waals surface area contributed by atoms with Crippen LogP contribution in [0.2, 0.25) is 0 Å². The van der Waals surface area contributed by atoms with Gasteiger partial charge in [0.2, 0.25) is 10.0 Å². The maximum Gasteiger partial charge on any atom is 0.238 e. The Labute approximate surface area is 117 Å². The van der Waals surface area contributed by atoms with Crippen LogP contribution in [0.25, 0.3) is 5.69 Å². The molecule has 0 aliphatic carbocycles. The maximum atomic E-state index is 11.8. The molecule has 1 fully saturated rings. The van der Waals surface area contributed by atoms with E-state index in [-0.39, 0.29) is 5.94 Å². The lowest BCUT2D eigenvalue weighted by molar-refractivity contribution is 0.130. The number of rotatable bonds is 3. The molecule has 3 rings (SSSR count). The van der Waals surface area contributed by atoms with Gasteiger partial charge in [0.15, 0.2) is 5.94 Å². The molecule has 1 aromatic carbocycles. The molecule has 106 valence electrons. The lowest BCUT2D eigenvalue weighted by Gasteiger charge is -2.26. The van der Waals surface area contributed by atoms with Gasteiger partial charge in [0.05, 0.1) is 12.3 Å². The van der Waals surface area contributed by atoms with Crippen LogP contribution in [0.15, 0.2) is 42.7 Å². The van der Waals surface area contributed by atoms with E-state index >= 15 is 0 Å². The highest BCUT2D eigenvalue weighted by Gasteiger charge is 2.26. The van der Waals surface area contributed by atoms with Crippen LogP contribution in [-0.2, 0) is 21.3 Å². The summed E-state index contributed by atoms with van der Waals surface area (Å²) in [6, 6.07) is 9.54. The molecular weight excluding hydrogens is 278 g/mol. The van der Waals surface area contributed by atoms with Gasteiger partial charge in [-0.3, -0.25) is 0 Å². The van der Waals surface area contributed by atoms with E-state index in [2.05, 4.69) is 5.10 Å². The van der Waals surface area contributed by atoms with Gasteiger partial charge in [-0.2, -0.15) is 9.40 Å². The van der Waals surface area contributed by atoms with Crippen LogP contribution in [0.3, 0.4) is 0 Å². The average Bonchev–Trinajstić information content (AvgIpc) is 2.96. The monoisotopic (exact) mass is 293 g/mol. The van der Waals surface area contributed by atoms with Crippen molar-refractivity contribution in [2.45, 2.75) is 6.54 Å². The van der Waals surface area contributed by atoms with Crippen molar-refractivity contribution in [3.05, 3.63) is 48.3 Å². The van der Waals surface area contributed by atoms with E-state index in [0.29, 0.717) is 19.7 Å². The molecule has 0 N–H and O–H groups in total. The van der Waals surface area contributed by atoms with Crippen molar-refractivity contribution in [1.82, 2.24) is 14.1 Å². The molecule has 0 unspecified atom stereocenters. The molecule has 0 radical (unpaired) electrons. The summed E-state index contributed by atoms with van der Waals surface area (Å²) in [5.74, 6) is -0.224. The summed E-state index contributed by atoms with van der Waals surface area (Å²) < 4.78 is 31.8. The first-order chi connectivity index (χ1) is 9.65. The summed E-state index contributed by atoms with van der Waals surface area (Å²) >= 11 is 0. The van der Waals surface area contributed by atoms with E-state index in [4.69, 9.17) is 4.74 Å². The average molecular weight is 293 g/mol. The summed E-state index contributed by atoms with van der Waals surface area (Å²) in [5, 5.41) is 4.15. The zero-order chi connectivity index (χ0) is 14.0. The van der Waals surface area contributed by atoms with Gasteiger partial charge in [-0.15, -0.1) is 0 Å². The van der Waals surface area contributed by atoms with Gasteiger partial charge >= 0.3 is 0 Å². The van der Waals surface area contributed by atoms with Crippen molar-refractivity contribution >= 4 is 10.0 Å². The number of nitrogens with zero attached hydrogens (tertiary/aromatic N) is 3. The Morgan fingerprint density at radius 2 is 2.05 bits per heavy atom. The largest absolute Gasteiger partial charge is 0.363 e. The molecule has 0 spiro atoms. The molecule has 6 nitrogen and oxygen atoms in total. The molecule has 0 amide bonds. The Morgan fingerprint density at radius 1 is 1.25 bits per heavy atom. The molecule has 1 aliphatic heterocycles. The third-order valence-corrected chi connectivity index (χ3v) is 4.74. The van der Waals surface area contributed by atoms with Crippen LogP contribution >= 0.6 is 0 Å². The fraction of sp³-hybridized carbons (Fsp3) is 0.308. The number of benzene rings is 1. The Bertz CT molecular complexity index is 665. The summed E-state index contributed by atoms with van der Waals surface area (Å²) in [6.07, 6.45) is 3.58. The number of hydrogen-bond acceptors (Lipinski definition) is 4. The fourth-order valence-corrected chi connectivity index (χ4v) is 3.28. The van der Waals surface area contributed by atoms with Gasteiger partial charge in [0.1, 0.15) is 0 Å². The fourth-order valence-electron chi connectivity index (χ4n) is 2.10. The molecular formula is C13H15N3O3S. The van der Waals surface area contributed by atoms with Gasteiger partial charge in [-0.05, 0) is 23.8 Å². The van der Waals surface area contributed by atoms with E-state index < -0.39 is 10.0 Å². The van der Waals surface area contributed by atoms with Gasteiger partial charge < -0.3 is 4.74 Å². The Kier molecular flexibility index (Phi) is 3.56. The number of sulfonamides is 1. The predicted octanol–water partition coefficient (Wildman–Crippen LogP) is 0.992. The number of hydrogen-bond donors (Lipinski definition) is 0. The molecule has 7 heteroatoms. The third kappa shape index (κ3) is 2.74. The molecule has 1 aromatic heterocycles. The molecule has 0 saturated carbocycles. The first kappa shape index (κ1) is 13.3. The van der Waals surface area contributed by atoms with Crippen LogP contribution in [0.4, 0.5) is 0 Å². The molecule has 1 saturated heterocycles. The third-order valence-electron chi connectivity index (χ3n) is 3.17. The standard InChI is InChI=1S/C13H15N3O3S/c17-20(18)11-19-9-8-15(20)10-12-2-4-13(5-3-12)16-7-1-6-14-16/h1-7H,8-11H2. The predicted molar refractivity (Wildman–Crippen MR) is 73.7 cm³/mol. The van der Waals surface area contributed by atoms with E-state index in [1.807, 2.05) is 36.5 Å². The van der Waals surface area contributed by atoms with Gasteiger partial charge in [0, 0.05) is 25.5 Å². The second-order valence-corrected chi connectivity index (χ2v) is 6.50. The molecule has 0 bridgehead atoms. The highest BCUT2D eigenvalue weighted by molar-refractivity contribution is 7.88. The first-order valence-corrected chi connectivity index (χ1v) is 7.91. The number of aromatic nitrogens is 2. The van der Waals surface area contributed by atoms with Crippen molar-refractivity contribution in [3.8, 4) is 5.69 Å². The SMILES string of the molecule is O=S1(=O)COCCN1Cc1ccc(-n2cccn2)cc1. The highest BCUT2D eigenvalue weighted by atomic mass is 32.2. The minimum atomic E-state index is -3.28. The highest BCUT2D eigenvalue weighted by Crippen LogP contribution is 2.15. The second-order valence-electron chi connectivity index (χ2n) is 4.59. The van der Waals surface area contributed by atoms with Crippen molar-refractivity contribution in [3.63, 3.8) is 0 Å². The normalized spacial score (nSPS) is 19.0. The van der Waals surface area contributed by atoms with E-state index in [1.165, 1.54) is 4.31 Å². The Balaban J connectivity index is 1.75. The van der Waals surface area contributed by atoms with Crippen molar-refractivity contribution in [2.75, 3.05) is 19.1 Å².